The number of fused-ring (bicyclic) bond motifs is 1. The summed E-state index contributed by atoms with van der Waals surface area (Å²) in [7, 11) is 0. The standard InChI is InChI=1S/C14H17N3O2/c18-14(19)10-7-8-13-12(9-10)15-16-17(13)11-5-3-1-2-4-6-11/h7-9,11H,1-6H2,(H,18,19). The first-order valence-corrected chi connectivity index (χ1v) is 6.84. The average Bonchev–Trinajstić information content (AvgIpc) is 2.64. The molecule has 1 aromatic heterocycles. The predicted octanol–water partition coefficient (Wildman–Crippen LogP) is 3.02. The summed E-state index contributed by atoms with van der Waals surface area (Å²) in [5, 5.41) is 17.3. The van der Waals surface area contributed by atoms with Crippen LogP contribution in [0, 0.1) is 0 Å². The average molecular weight is 259 g/mol. The van der Waals surface area contributed by atoms with Crippen molar-refractivity contribution in [3.8, 4) is 0 Å². The summed E-state index contributed by atoms with van der Waals surface area (Å²) in [5.41, 5.74) is 1.88. The molecule has 0 spiro atoms. The summed E-state index contributed by atoms with van der Waals surface area (Å²) < 4.78 is 1.98. The van der Waals surface area contributed by atoms with E-state index in [0.717, 1.165) is 18.4 Å². The minimum absolute atomic E-state index is 0.264. The molecule has 1 saturated carbocycles. The molecule has 1 aliphatic carbocycles. The van der Waals surface area contributed by atoms with Crippen molar-refractivity contribution in [3.05, 3.63) is 23.8 Å². The molecule has 0 saturated heterocycles. The summed E-state index contributed by atoms with van der Waals surface area (Å²) in [6.45, 7) is 0. The zero-order valence-electron chi connectivity index (χ0n) is 10.7. The molecule has 5 nitrogen and oxygen atoms in total. The van der Waals surface area contributed by atoms with Crippen molar-refractivity contribution in [1.29, 1.82) is 0 Å². The largest absolute Gasteiger partial charge is 0.478 e. The maximum Gasteiger partial charge on any atom is 0.335 e. The molecule has 0 radical (unpaired) electrons. The van der Waals surface area contributed by atoms with Gasteiger partial charge in [0.2, 0.25) is 0 Å². The smallest absolute Gasteiger partial charge is 0.335 e. The van der Waals surface area contributed by atoms with Crippen LogP contribution in [0.5, 0.6) is 0 Å². The second-order valence-corrected chi connectivity index (χ2v) is 5.19. The summed E-state index contributed by atoms with van der Waals surface area (Å²) in [6, 6.07) is 5.45. The maximum atomic E-state index is 10.9. The lowest BCUT2D eigenvalue weighted by molar-refractivity contribution is 0.0697. The number of carboxylic acid groups (broad SMARTS) is 1. The van der Waals surface area contributed by atoms with Crippen molar-refractivity contribution >= 4 is 17.0 Å². The van der Waals surface area contributed by atoms with Crippen molar-refractivity contribution in [2.75, 3.05) is 0 Å². The highest BCUT2D eigenvalue weighted by Crippen LogP contribution is 2.29. The van der Waals surface area contributed by atoms with Crippen molar-refractivity contribution in [2.45, 2.75) is 44.6 Å². The van der Waals surface area contributed by atoms with Gasteiger partial charge in [0.05, 0.1) is 17.1 Å². The zero-order chi connectivity index (χ0) is 13.2. The lowest BCUT2D eigenvalue weighted by Crippen LogP contribution is -2.09. The highest BCUT2D eigenvalue weighted by atomic mass is 16.4. The van der Waals surface area contributed by atoms with Gasteiger partial charge < -0.3 is 5.11 Å². The van der Waals surface area contributed by atoms with Crippen LogP contribution >= 0.6 is 0 Å². The number of nitrogens with zero attached hydrogens (tertiary/aromatic N) is 3. The Bertz CT molecular complexity index is 598. The van der Waals surface area contributed by atoms with Crippen LogP contribution in [0.2, 0.25) is 0 Å². The SMILES string of the molecule is O=C(O)c1ccc2c(c1)nnn2C1CCCCCC1. The van der Waals surface area contributed by atoms with Crippen LogP contribution in [0.1, 0.15) is 54.9 Å². The predicted molar refractivity (Wildman–Crippen MR) is 71.2 cm³/mol. The Morgan fingerprint density at radius 3 is 2.63 bits per heavy atom. The second kappa shape index (κ2) is 4.99. The quantitative estimate of drug-likeness (QED) is 0.842. The molecule has 0 atom stereocenters. The minimum atomic E-state index is -0.925. The normalized spacial score (nSPS) is 17.5. The van der Waals surface area contributed by atoms with Crippen LogP contribution < -0.4 is 0 Å². The van der Waals surface area contributed by atoms with E-state index < -0.39 is 5.97 Å². The fraction of sp³-hybridized carbons (Fsp3) is 0.500. The lowest BCUT2D eigenvalue weighted by atomic mass is 10.1. The van der Waals surface area contributed by atoms with Crippen LogP contribution in [0.15, 0.2) is 18.2 Å². The van der Waals surface area contributed by atoms with Crippen LogP contribution in [-0.2, 0) is 0 Å². The van der Waals surface area contributed by atoms with Crippen LogP contribution in [0.4, 0.5) is 0 Å². The van der Waals surface area contributed by atoms with E-state index in [1.807, 2.05) is 10.7 Å². The molecule has 0 bridgehead atoms. The van der Waals surface area contributed by atoms with Gasteiger partial charge in [0.15, 0.2) is 0 Å². The van der Waals surface area contributed by atoms with E-state index in [1.165, 1.54) is 25.7 Å². The fourth-order valence-corrected chi connectivity index (χ4v) is 2.85. The molecule has 0 amide bonds. The third-order valence-corrected chi connectivity index (χ3v) is 3.89. The first-order chi connectivity index (χ1) is 9.25. The monoisotopic (exact) mass is 259 g/mol. The second-order valence-electron chi connectivity index (χ2n) is 5.19. The van der Waals surface area contributed by atoms with Gasteiger partial charge in [-0.25, -0.2) is 9.48 Å². The summed E-state index contributed by atoms with van der Waals surface area (Å²) in [4.78, 5) is 10.9. The van der Waals surface area contributed by atoms with Crippen LogP contribution in [0.3, 0.4) is 0 Å². The molecule has 5 heteroatoms. The Morgan fingerprint density at radius 2 is 1.95 bits per heavy atom. The van der Waals surface area contributed by atoms with E-state index >= 15 is 0 Å². The number of carboxylic acids is 1. The molecule has 1 aliphatic rings. The number of hydrogen-bond acceptors (Lipinski definition) is 3. The van der Waals surface area contributed by atoms with Crippen molar-refractivity contribution in [3.63, 3.8) is 0 Å². The van der Waals surface area contributed by atoms with Gasteiger partial charge in [-0.1, -0.05) is 30.9 Å². The Hall–Kier alpha value is -1.91. The van der Waals surface area contributed by atoms with E-state index in [2.05, 4.69) is 10.3 Å². The third kappa shape index (κ3) is 2.32. The number of hydrogen-bond donors (Lipinski definition) is 1. The van der Waals surface area contributed by atoms with Crippen molar-refractivity contribution in [2.24, 2.45) is 0 Å². The molecule has 1 aromatic carbocycles. The Kier molecular flexibility index (Phi) is 3.19. The topological polar surface area (TPSA) is 68.0 Å². The van der Waals surface area contributed by atoms with Gasteiger partial charge in [-0.3, -0.25) is 0 Å². The van der Waals surface area contributed by atoms with E-state index in [1.54, 1.807) is 12.1 Å². The van der Waals surface area contributed by atoms with E-state index in [0.29, 0.717) is 11.6 Å². The van der Waals surface area contributed by atoms with Crippen molar-refractivity contribution in [1.82, 2.24) is 15.0 Å². The van der Waals surface area contributed by atoms with Crippen molar-refractivity contribution < 1.29 is 9.90 Å². The Morgan fingerprint density at radius 1 is 1.21 bits per heavy atom. The molecule has 19 heavy (non-hydrogen) atoms. The molecule has 0 unspecified atom stereocenters. The highest BCUT2D eigenvalue weighted by Gasteiger charge is 2.18. The van der Waals surface area contributed by atoms with E-state index in [9.17, 15) is 4.79 Å². The summed E-state index contributed by atoms with van der Waals surface area (Å²) >= 11 is 0. The molecular formula is C14H17N3O2. The molecule has 3 rings (SSSR count). The van der Waals surface area contributed by atoms with Gasteiger partial charge in [-0.15, -0.1) is 5.10 Å². The van der Waals surface area contributed by atoms with Gasteiger partial charge in [-0.2, -0.15) is 0 Å². The number of carbonyl (C=O) groups is 1. The lowest BCUT2D eigenvalue weighted by Gasteiger charge is -2.14. The first-order valence-electron chi connectivity index (χ1n) is 6.84. The molecule has 1 heterocycles. The molecule has 1 fully saturated rings. The number of benzene rings is 1. The van der Waals surface area contributed by atoms with Crippen LogP contribution in [0.25, 0.3) is 11.0 Å². The number of aromatic carboxylic acids is 1. The summed E-state index contributed by atoms with van der Waals surface area (Å²) in [6.07, 6.45) is 7.34. The van der Waals surface area contributed by atoms with E-state index in [4.69, 9.17) is 5.11 Å². The fourth-order valence-electron chi connectivity index (χ4n) is 2.85. The minimum Gasteiger partial charge on any atom is -0.478 e. The molecule has 100 valence electrons. The van der Waals surface area contributed by atoms with Gasteiger partial charge in [0, 0.05) is 0 Å². The maximum absolute atomic E-state index is 10.9. The highest BCUT2D eigenvalue weighted by molar-refractivity contribution is 5.92. The van der Waals surface area contributed by atoms with Gasteiger partial charge in [0.25, 0.3) is 0 Å². The zero-order valence-corrected chi connectivity index (χ0v) is 10.7. The molecular weight excluding hydrogens is 242 g/mol. The molecule has 2 aromatic rings. The van der Waals surface area contributed by atoms with Crippen LogP contribution in [-0.4, -0.2) is 26.1 Å². The molecule has 1 N–H and O–H groups in total. The number of rotatable bonds is 2. The molecule has 0 aliphatic heterocycles. The van der Waals surface area contributed by atoms with E-state index in [-0.39, 0.29) is 5.56 Å². The van der Waals surface area contributed by atoms with Gasteiger partial charge in [0.1, 0.15) is 5.52 Å². The van der Waals surface area contributed by atoms with Gasteiger partial charge in [-0.05, 0) is 31.0 Å². The third-order valence-electron chi connectivity index (χ3n) is 3.89. The first kappa shape index (κ1) is 12.1. The van der Waals surface area contributed by atoms with Gasteiger partial charge >= 0.3 is 5.97 Å². The summed E-state index contributed by atoms with van der Waals surface area (Å²) in [5.74, 6) is -0.925. The Labute approximate surface area is 111 Å². The number of aromatic nitrogens is 3. The Balaban J connectivity index is 1.98.